The average molecular weight is 507 g/mol. The third kappa shape index (κ3) is 11.1. The molecule has 36 heavy (non-hydrogen) atoms. The first kappa shape index (κ1) is 30.9. The Labute approximate surface area is 213 Å². The van der Waals surface area contributed by atoms with E-state index in [9.17, 15) is 24.3 Å². The Kier molecular flexibility index (Phi) is 12.9. The first-order valence-corrected chi connectivity index (χ1v) is 12.4. The lowest BCUT2D eigenvalue weighted by atomic mass is 10.0. The molecule has 10 heteroatoms. The Hall–Kier alpha value is -3.14. The van der Waals surface area contributed by atoms with E-state index in [-0.39, 0.29) is 19.4 Å². The number of ether oxygens (including phenoxy) is 1. The van der Waals surface area contributed by atoms with Gasteiger partial charge >= 0.3 is 6.09 Å². The van der Waals surface area contributed by atoms with Crippen molar-refractivity contribution in [2.75, 3.05) is 19.7 Å². The summed E-state index contributed by atoms with van der Waals surface area (Å²) in [7, 11) is 0. The molecule has 0 fully saturated rings. The van der Waals surface area contributed by atoms with Gasteiger partial charge in [-0.3, -0.25) is 14.4 Å². The van der Waals surface area contributed by atoms with Crippen molar-refractivity contribution in [3.8, 4) is 0 Å². The molecule has 0 aliphatic heterocycles. The fourth-order valence-corrected chi connectivity index (χ4v) is 3.57. The second-order valence-corrected chi connectivity index (χ2v) is 9.77. The second kappa shape index (κ2) is 15.1. The van der Waals surface area contributed by atoms with Gasteiger partial charge in [0.15, 0.2) is 0 Å². The van der Waals surface area contributed by atoms with Crippen molar-refractivity contribution in [1.29, 1.82) is 0 Å². The molecule has 2 unspecified atom stereocenters. The predicted octanol–water partition coefficient (Wildman–Crippen LogP) is 2.32. The van der Waals surface area contributed by atoms with Crippen LogP contribution in [0.25, 0.3) is 0 Å². The van der Waals surface area contributed by atoms with Crippen LogP contribution in [0.5, 0.6) is 0 Å². The highest BCUT2D eigenvalue weighted by atomic mass is 16.6. The van der Waals surface area contributed by atoms with Gasteiger partial charge in [-0.25, -0.2) is 4.79 Å². The molecule has 0 bridgehead atoms. The number of rotatable bonds is 14. The van der Waals surface area contributed by atoms with E-state index < -0.39 is 48.1 Å². The minimum Gasteiger partial charge on any atom is -0.444 e. The van der Waals surface area contributed by atoms with E-state index in [2.05, 4.69) is 17.6 Å². The van der Waals surface area contributed by atoms with Crippen molar-refractivity contribution in [2.24, 2.45) is 5.73 Å². The first-order chi connectivity index (χ1) is 16.9. The smallest absolute Gasteiger partial charge is 0.408 e. The summed E-state index contributed by atoms with van der Waals surface area (Å²) in [4.78, 5) is 52.2. The van der Waals surface area contributed by atoms with Crippen molar-refractivity contribution in [3.05, 3.63) is 35.4 Å². The lowest BCUT2D eigenvalue weighted by molar-refractivity contribution is -0.143. The normalized spacial score (nSPS) is 12.8. The lowest BCUT2D eigenvalue weighted by Gasteiger charge is -2.34. The van der Waals surface area contributed by atoms with Gasteiger partial charge in [-0.1, -0.05) is 49.6 Å². The fourth-order valence-electron chi connectivity index (χ4n) is 3.57. The van der Waals surface area contributed by atoms with Gasteiger partial charge in [0, 0.05) is 19.5 Å². The number of aryl methyl sites for hydroxylation is 1. The summed E-state index contributed by atoms with van der Waals surface area (Å²) >= 11 is 0. The second-order valence-electron chi connectivity index (χ2n) is 9.77. The molecule has 0 aromatic heterocycles. The van der Waals surface area contributed by atoms with Crippen LogP contribution in [0.15, 0.2) is 24.3 Å². The molecule has 0 heterocycles. The molecule has 202 valence electrons. The lowest BCUT2D eigenvalue weighted by Crippen LogP contribution is -2.54. The quantitative estimate of drug-likeness (QED) is 0.284. The van der Waals surface area contributed by atoms with Crippen molar-refractivity contribution in [1.82, 2.24) is 15.5 Å². The van der Waals surface area contributed by atoms with E-state index in [4.69, 9.17) is 10.5 Å². The molecule has 0 radical (unpaired) electrons. The van der Waals surface area contributed by atoms with E-state index in [1.165, 1.54) is 4.90 Å². The van der Waals surface area contributed by atoms with Crippen LogP contribution in [0.3, 0.4) is 0 Å². The fraction of sp³-hybridized carbons (Fsp3) is 0.615. The zero-order chi connectivity index (χ0) is 27.3. The molecular formula is C26H42N4O6. The van der Waals surface area contributed by atoms with Crippen molar-refractivity contribution in [2.45, 2.75) is 84.4 Å². The maximum atomic E-state index is 13.7. The van der Waals surface area contributed by atoms with Gasteiger partial charge in [0.25, 0.3) is 0 Å². The third-order valence-electron chi connectivity index (χ3n) is 5.33. The molecule has 0 aliphatic carbocycles. The number of carbonyl (C=O) groups excluding carboxylic acids is 4. The maximum absolute atomic E-state index is 13.7. The molecule has 0 saturated heterocycles. The van der Waals surface area contributed by atoms with Crippen molar-refractivity contribution >= 4 is 23.8 Å². The Balaban J connectivity index is 3.34. The highest BCUT2D eigenvalue weighted by Crippen LogP contribution is 2.24. The van der Waals surface area contributed by atoms with Crippen molar-refractivity contribution < 1.29 is 29.0 Å². The molecule has 1 aromatic carbocycles. The molecule has 1 rings (SSSR count). The zero-order valence-electron chi connectivity index (χ0n) is 22.1. The van der Waals surface area contributed by atoms with E-state index in [0.29, 0.717) is 12.1 Å². The van der Waals surface area contributed by atoms with Crippen LogP contribution >= 0.6 is 0 Å². The third-order valence-corrected chi connectivity index (χ3v) is 5.33. The van der Waals surface area contributed by atoms with Crippen LogP contribution in [-0.2, 0) is 19.1 Å². The van der Waals surface area contributed by atoms with Gasteiger partial charge in [-0.2, -0.15) is 0 Å². The predicted molar refractivity (Wildman–Crippen MR) is 137 cm³/mol. The summed E-state index contributed by atoms with van der Waals surface area (Å²) in [5, 5.41) is 15.2. The number of aliphatic hydroxyl groups is 1. The number of primary amides is 1. The van der Waals surface area contributed by atoms with Crippen LogP contribution in [0.1, 0.15) is 77.0 Å². The monoisotopic (exact) mass is 506 g/mol. The maximum Gasteiger partial charge on any atom is 0.408 e. The van der Waals surface area contributed by atoms with Crippen LogP contribution in [0.2, 0.25) is 0 Å². The molecule has 1 aromatic rings. The Morgan fingerprint density at radius 1 is 1.11 bits per heavy atom. The van der Waals surface area contributed by atoms with Gasteiger partial charge in [0.05, 0.1) is 6.61 Å². The molecular weight excluding hydrogens is 464 g/mol. The van der Waals surface area contributed by atoms with Crippen LogP contribution < -0.4 is 16.4 Å². The van der Waals surface area contributed by atoms with E-state index >= 15 is 0 Å². The van der Waals surface area contributed by atoms with Gasteiger partial charge in [0.2, 0.25) is 17.7 Å². The van der Waals surface area contributed by atoms with Crippen molar-refractivity contribution in [3.63, 3.8) is 0 Å². The van der Waals surface area contributed by atoms with Gasteiger partial charge in [-0.05, 0) is 46.1 Å². The van der Waals surface area contributed by atoms with E-state index in [1.807, 2.05) is 19.1 Å². The zero-order valence-corrected chi connectivity index (χ0v) is 22.1. The molecule has 4 amide bonds. The average Bonchev–Trinajstić information content (AvgIpc) is 2.78. The molecule has 5 N–H and O–H groups in total. The summed E-state index contributed by atoms with van der Waals surface area (Å²) in [6.07, 6.45) is 1.63. The van der Waals surface area contributed by atoms with Gasteiger partial charge in [-0.15, -0.1) is 0 Å². The summed E-state index contributed by atoms with van der Waals surface area (Å²) in [6, 6.07) is 4.92. The summed E-state index contributed by atoms with van der Waals surface area (Å²) < 4.78 is 5.28. The van der Waals surface area contributed by atoms with Crippen LogP contribution in [0.4, 0.5) is 4.79 Å². The number of nitrogens with two attached hydrogens (primary N) is 1. The van der Waals surface area contributed by atoms with Crippen LogP contribution in [-0.4, -0.2) is 65.2 Å². The first-order valence-electron chi connectivity index (χ1n) is 12.4. The number of nitrogens with zero attached hydrogens (tertiary/aromatic N) is 1. The largest absolute Gasteiger partial charge is 0.444 e. The Bertz CT molecular complexity index is 866. The van der Waals surface area contributed by atoms with Gasteiger partial charge in [0.1, 0.15) is 17.7 Å². The molecule has 0 spiro atoms. The number of benzene rings is 1. The molecule has 0 saturated carbocycles. The number of hydrogen-bond donors (Lipinski definition) is 4. The number of aliphatic hydroxyl groups excluding tert-OH is 1. The number of hydrogen-bond acceptors (Lipinski definition) is 6. The summed E-state index contributed by atoms with van der Waals surface area (Å²) in [5.41, 5.74) is 6.01. The number of amides is 4. The Morgan fingerprint density at radius 2 is 1.75 bits per heavy atom. The van der Waals surface area contributed by atoms with Gasteiger partial charge < -0.3 is 31.1 Å². The van der Waals surface area contributed by atoms with Crippen LogP contribution in [0, 0.1) is 6.92 Å². The number of alkyl carbamates (subject to hydrolysis) is 1. The highest BCUT2D eigenvalue weighted by molar-refractivity contribution is 5.92. The molecule has 0 aliphatic rings. The highest BCUT2D eigenvalue weighted by Gasteiger charge is 2.36. The minimum absolute atomic E-state index is 0.0892. The minimum atomic E-state index is -1.19. The summed E-state index contributed by atoms with van der Waals surface area (Å²) in [6.45, 7) is 8.88. The topological polar surface area (TPSA) is 151 Å². The number of unbranched alkanes of at least 4 members (excludes halogenated alkanes) is 2. The molecule has 2 atom stereocenters. The van der Waals surface area contributed by atoms with E-state index in [1.54, 1.807) is 32.9 Å². The number of nitrogens with one attached hydrogen (secondary N) is 2. The Morgan fingerprint density at radius 3 is 2.28 bits per heavy atom. The summed E-state index contributed by atoms with van der Waals surface area (Å²) in [5.74, 6) is -1.68. The standard InChI is InChI=1S/C26H42N4O6/c1-6-7-8-15-28-23(33)22(19-11-9-18(2)10-12-19)30(16-17-31)24(34)20(13-14-21(27)32)29-25(35)36-26(3,4)5/h9-12,20,22,31H,6-8,13-17H2,1-5H3,(H2,27,32)(H,28,33)(H,29,35). The number of carbonyl (C=O) groups is 4. The molecule has 10 nitrogen and oxygen atoms in total. The SMILES string of the molecule is CCCCCNC(=O)C(c1ccc(C)cc1)N(CCO)C(=O)C(CCC(N)=O)NC(=O)OC(C)(C)C. The van der Waals surface area contributed by atoms with E-state index in [0.717, 1.165) is 24.8 Å².